The van der Waals surface area contributed by atoms with Gasteiger partial charge in [0, 0.05) is 25.6 Å². The van der Waals surface area contributed by atoms with Crippen molar-refractivity contribution in [3.05, 3.63) is 0 Å². The summed E-state index contributed by atoms with van der Waals surface area (Å²) >= 11 is 0. The number of alkyl halides is 1. The van der Waals surface area contributed by atoms with Gasteiger partial charge >= 0.3 is 0 Å². The highest BCUT2D eigenvalue weighted by molar-refractivity contribution is 7.93. The molecule has 0 aliphatic carbocycles. The molecule has 0 N–H and O–H groups in total. The van der Waals surface area contributed by atoms with Crippen LogP contribution in [0.1, 0.15) is 19.8 Å². The van der Waals surface area contributed by atoms with Crippen molar-refractivity contribution in [2.75, 3.05) is 38.7 Å². The summed E-state index contributed by atoms with van der Waals surface area (Å²) in [5.74, 6) is -0.187. The normalized spacial score (nSPS) is 27.5. The molecule has 110 valence electrons. The number of hydrogen-bond donors (Lipinski definition) is 0. The van der Waals surface area contributed by atoms with Gasteiger partial charge in [0.25, 0.3) is 0 Å². The lowest BCUT2D eigenvalue weighted by molar-refractivity contribution is -0.138. The molecule has 2 fully saturated rings. The van der Waals surface area contributed by atoms with E-state index in [1.54, 1.807) is 0 Å². The average molecular weight is 293 g/mol. The van der Waals surface area contributed by atoms with E-state index in [1.807, 2.05) is 6.92 Å². The van der Waals surface area contributed by atoms with Crippen molar-refractivity contribution in [3.8, 4) is 0 Å². The molecule has 19 heavy (non-hydrogen) atoms. The van der Waals surface area contributed by atoms with Crippen LogP contribution in [-0.2, 0) is 19.4 Å². The smallest absolute Gasteiger partial charge is 0.225 e. The van der Waals surface area contributed by atoms with E-state index in [-0.39, 0.29) is 37.1 Å². The number of hydrogen-bond acceptors (Lipinski definition) is 4. The molecule has 2 saturated heterocycles. The van der Waals surface area contributed by atoms with E-state index in [4.69, 9.17) is 4.74 Å². The third-order valence-corrected chi connectivity index (χ3v) is 6.80. The maximum atomic E-state index is 12.2. The number of halogens is 1. The Hall–Kier alpha value is -0.690. The summed E-state index contributed by atoms with van der Waals surface area (Å²) in [6.07, 6.45) is 0.430. The number of rotatable bonds is 5. The number of carbonyl (C=O) groups excluding carboxylic acids is 1. The van der Waals surface area contributed by atoms with Crippen molar-refractivity contribution in [1.29, 1.82) is 0 Å². The van der Waals surface area contributed by atoms with Crippen LogP contribution in [0.2, 0.25) is 0 Å². The number of carbonyl (C=O) groups is 1. The first-order valence-corrected chi connectivity index (χ1v) is 8.26. The van der Waals surface area contributed by atoms with Crippen molar-refractivity contribution in [2.45, 2.75) is 24.5 Å². The zero-order valence-corrected chi connectivity index (χ0v) is 11.9. The van der Waals surface area contributed by atoms with Gasteiger partial charge in [-0.1, -0.05) is 0 Å². The predicted octanol–water partition coefficient (Wildman–Crippen LogP) is 0.398. The first-order chi connectivity index (χ1) is 8.97. The first-order valence-electron chi connectivity index (χ1n) is 6.60. The van der Waals surface area contributed by atoms with E-state index < -0.39 is 21.3 Å². The Labute approximate surface area is 113 Å². The molecule has 2 rings (SSSR count). The van der Waals surface area contributed by atoms with Crippen LogP contribution < -0.4 is 0 Å². The van der Waals surface area contributed by atoms with Gasteiger partial charge in [0.2, 0.25) is 5.91 Å². The Bertz CT molecular complexity index is 445. The Morgan fingerprint density at radius 1 is 1.47 bits per heavy atom. The quantitative estimate of drug-likeness (QED) is 0.736. The summed E-state index contributed by atoms with van der Waals surface area (Å²) in [7, 11) is -3.18. The van der Waals surface area contributed by atoms with Crippen LogP contribution in [0.15, 0.2) is 0 Å². The van der Waals surface area contributed by atoms with Gasteiger partial charge in [-0.25, -0.2) is 8.42 Å². The van der Waals surface area contributed by atoms with Gasteiger partial charge in [-0.3, -0.25) is 9.18 Å². The molecule has 0 aromatic heterocycles. The van der Waals surface area contributed by atoms with Crippen LogP contribution in [0.25, 0.3) is 0 Å². The minimum absolute atomic E-state index is 0.0492. The molecular formula is C12H20FNO4S. The first kappa shape index (κ1) is 14.7. The van der Waals surface area contributed by atoms with Gasteiger partial charge in [0.15, 0.2) is 9.84 Å². The zero-order valence-electron chi connectivity index (χ0n) is 11.1. The number of amides is 1. The summed E-state index contributed by atoms with van der Waals surface area (Å²) in [6, 6.07) is 0. The molecule has 2 aliphatic heterocycles. The van der Waals surface area contributed by atoms with Crippen LogP contribution >= 0.6 is 0 Å². The van der Waals surface area contributed by atoms with Crippen LogP contribution in [0.5, 0.6) is 0 Å². The number of likely N-dealkylation sites (tertiary alicyclic amines) is 1. The standard InChI is InChI=1S/C12H20FNO4S/c1-2-18-7-10-4-6-19(16,17)12(10)8-14(9-12)11(15)3-5-13/h10H,2-9H2,1H3/t10-/m1/s1. The van der Waals surface area contributed by atoms with Gasteiger partial charge in [-0.05, 0) is 13.3 Å². The summed E-state index contributed by atoms with van der Waals surface area (Å²) in [5, 5.41) is 0. The molecule has 7 heteroatoms. The largest absolute Gasteiger partial charge is 0.381 e. The molecule has 0 unspecified atom stereocenters. The fourth-order valence-corrected chi connectivity index (χ4v) is 5.38. The second-order valence-electron chi connectivity index (χ2n) is 5.22. The Balaban J connectivity index is 2.06. The van der Waals surface area contributed by atoms with Crippen LogP contribution in [0, 0.1) is 5.92 Å². The second-order valence-corrected chi connectivity index (χ2v) is 7.67. The highest BCUT2D eigenvalue weighted by atomic mass is 32.2. The van der Waals surface area contributed by atoms with Gasteiger partial charge in [-0.2, -0.15) is 0 Å². The van der Waals surface area contributed by atoms with Gasteiger partial charge < -0.3 is 9.64 Å². The van der Waals surface area contributed by atoms with E-state index in [2.05, 4.69) is 0 Å². The van der Waals surface area contributed by atoms with E-state index in [1.165, 1.54) is 4.90 Å². The zero-order chi connectivity index (χ0) is 14.1. The predicted molar refractivity (Wildman–Crippen MR) is 68.3 cm³/mol. The second kappa shape index (κ2) is 5.36. The summed E-state index contributed by atoms with van der Waals surface area (Å²) in [6.45, 7) is 2.54. The van der Waals surface area contributed by atoms with E-state index in [0.717, 1.165) is 0 Å². The molecule has 0 aromatic carbocycles. The highest BCUT2D eigenvalue weighted by Crippen LogP contribution is 2.44. The molecule has 0 bridgehead atoms. The summed E-state index contributed by atoms with van der Waals surface area (Å²) in [4.78, 5) is 13.0. The molecule has 0 saturated carbocycles. The van der Waals surface area contributed by atoms with E-state index >= 15 is 0 Å². The Kier molecular flexibility index (Phi) is 4.15. The highest BCUT2D eigenvalue weighted by Gasteiger charge is 2.62. The molecule has 1 amide bonds. The maximum Gasteiger partial charge on any atom is 0.225 e. The van der Waals surface area contributed by atoms with Crippen molar-refractivity contribution in [1.82, 2.24) is 4.90 Å². The van der Waals surface area contributed by atoms with E-state index in [0.29, 0.717) is 19.6 Å². The SMILES string of the molecule is CCOC[C@H]1CCS(=O)(=O)C12CN(C(=O)CCF)C2. The van der Waals surface area contributed by atoms with Crippen molar-refractivity contribution in [2.24, 2.45) is 5.92 Å². The lowest BCUT2D eigenvalue weighted by atomic mass is 9.83. The minimum Gasteiger partial charge on any atom is -0.381 e. The summed E-state index contributed by atoms with van der Waals surface area (Å²) < 4.78 is 41.1. The molecular weight excluding hydrogens is 273 g/mol. The molecule has 1 atom stereocenters. The lowest BCUT2D eigenvalue weighted by Crippen LogP contribution is -2.68. The van der Waals surface area contributed by atoms with Crippen molar-refractivity contribution < 1.29 is 22.3 Å². The number of ether oxygens (including phenoxy) is 1. The van der Waals surface area contributed by atoms with Crippen molar-refractivity contribution in [3.63, 3.8) is 0 Å². The van der Waals surface area contributed by atoms with Crippen LogP contribution in [0.3, 0.4) is 0 Å². The van der Waals surface area contributed by atoms with Gasteiger partial charge in [0.05, 0.1) is 25.5 Å². The minimum atomic E-state index is -3.18. The average Bonchev–Trinajstić information content (AvgIpc) is 2.56. The topological polar surface area (TPSA) is 63.7 Å². The molecule has 5 nitrogen and oxygen atoms in total. The molecule has 0 aromatic rings. The fraction of sp³-hybridized carbons (Fsp3) is 0.917. The van der Waals surface area contributed by atoms with Crippen LogP contribution in [-0.4, -0.2) is 62.7 Å². The van der Waals surface area contributed by atoms with Crippen LogP contribution in [0.4, 0.5) is 4.39 Å². The van der Waals surface area contributed by atoms with Gasteiger partial charge in [0.1, 0.15) is 4.75 Å². The number of nitrogens with zero attached hydrogens (tertiary/aromatic N) is 1. The molecule has 0 radical (unpaired) electrons. The molecule has 1 spiro atoms. The Morgan fingerprint density at radius 2 is 2.16 bits per heavy atom. The van der Waals surface area contributed by atoms with Gasteiger partial charge in [-0.15, -0.1) is 0 Å². The molecule has 2 heterocycles. The molecule has 2 aliphatic rings. The van der Waals surface area contributed by atoms with E-state index in [9.17, 15) is 17.6 Å². The fourth-order valence-electron chi connectivity index (χ4n) is 2.98. The third-order valence-electron chi connectivity index (χ3n) is 4.20. The number of sulfone groups is 1. The summed E-state index contributed by atoms with van der Waals surface area (Å²) in [5.41, 5.74) is 0. The maximum absolute atomic E-state index is 12.2. The monoisotopic (exact) mass is 293 g/mol. The van der Waals surface area contributed by atoms with Crippen molar-refractivity contribution >= 4 is 15.7 Å². The lowest BCUT2D eigenvalue weighted by Gasteiger charge is -2.49. The third kappa shape index (κ3) is 2.38. The Morgan fingerprint density at radius 3 is 2.74 bits per heavy atom.